The van der Waals surface area contributed by atoms with Crippen LogP contribution in [-0.2, 0) is 9.59 Å². The maximum absolute atomic E-state index is 11.6. The lowest BCUT2D eigenvalue weighted by atomic mass is 10.0. The summed E-state index contributed by atoms with van der Waals surface area (Å²) in [5.74, 6) is -1.89. The fourth-order valence-electron chi connectivity index (χ4n) is 1.48. The molecule has 0 aliphatic heterocycles. The number of nitrogens with two attached hydrogens (primary N) is 1. The van der Waals surface area contributed by atoms with E-state index in [1.54, 1.807) is 27.7 Å². The molecule has 0 aliphatic rings. The SMILES string of the molecule is CC(C)C(NC(=O)NC(C)(C)CC(N)=O)C(=O)O. The second kappa shape index (κ2) is 6.23. The van der Waals surface area contributed by atoms with E-state index in [-0.39, 0.29) is 12.3 Å². The Morgan fingerprint density at radius 1 is 1.28 bits per heavy atom. The van der Waals surface area contributed by atoms with E-state index in [1.165, 1.54) is 0 Å². The molecule has 0 rings (SSSR count). The van der Waals surface area contributed by atoms with Crippen molar-refractivity contribution >= 4 is 17.9 Å². The first-order valence-electron chi connectivity index (χ1n) is 5.65. The van der Waals surface area contributed by atoms with Crippen molar-refractivity contribution in [1.29, 1.82) is 0 Å². The third-order valence-corrected chi connectivity index (χ3v) is 2.29. The van der Waals surface area contributed by atoms with Crippen molar-refractivity contribution in [3.8, 4) is 0 Å². The highest BCUT2D eigenvalue weighted by Gasteiger charge is 2.27. The standard InChI is InChI=1S/C11H21N3O4/c1-6(2)8(9(16)17)13-10(18)14-11(3,4)5-7(12)15/h6,8H,5H2,1-4H3,(H2,12,15)(H,16,17)(H2,13,14,18). The first-order chi connectivity index (χ1) is 8.05. The third kappa shape index (κ3) is 6.07. The average molecular weight is 259 g/mol. The fraction of sp³-hybridized carbons (Fsp3) is 0.727. The lowest BCUT2D eigenvalue weighted by molar-refractivity contribution is -0.140. The van der Waals surface area contributed by atoms with Gasteiger partial charge in [-0.05, 0) is 19.8 Å². The van der Waals surface area contributed by atoms with Gasteiger partial charge in [0.2, 0.25) is 5.91 Å². The van der Waals surface area contributed by atoms with Crippen molar-refractivity contribution in [3.05, 3.63) is 0 Å². The Morgan fingerprint density at radius 3 is 2.11 bits per heavy atom. The van der Waals surface area contributed by atoms with E-state index in [9.17, 15) is 14.4 Å². The number of carbonyl (C=O) groups is 3. The smallest absolute Gasteiger partial charge is 0.326 e. The van der Waals surface area contributed by atoms with Crippen molar-refractivity contribution in [1.82, 2.24) is 10.6 Å². The van der Waals surface area contributed by atoms with Crippen LogP contribution in [0.2, 0.25) is 0 Å². The van der Waals surface area contributed by atoms with Gasteiger partial charge in [-0.3, -0.25) is 4.79 Å². The fourth-order valence-corrected chi connectivity index (χ4v) is 1.48. The molecule has 3 amide bonds. The van der Waals surface area contributed by atoms with Crippen LogP contribution in [0.25, 0.3) is 0 Å². The quantitative estimate of drug-likeness (QED) is 0.538. The van der Waals surface area contributed by atoms with Crippen molar-refractivity contribution < 1.29 is 19.5 Å². The first kappa shape index (κ1) is 16.2. The molecule has 0 aromatic rings. The number of carboxylic acids is 1. The van der Waals surface area contributed by atoms with Crippen molar-refractivity contribution in [3.63, 3.8) is 0 Å². The number of hydrogen-bond donors (Lipinski definition) is 4. The number of nitrogens with one attached hydrogen (secondary N) is 2. The van der Waals surface area contributed by atoms with Gasteiger partial charge >= 0.3 is 12.0 Å². The van der Waals surface area contributed by atoms with Crippen LogP contribution in [0.5, 0.6) is 0 Å². The predicted molar refractivity (Wildman–Crippen MR) is 65.8 cm³/mol. The molecule has 18 heavy (non-hydrogen) atoms. The summed E-state index contributed by atoms with van der Waals surface area (Å²) in [4.78, 5) is 33.3. The van der Waals surface area contributed by atoms with E-state index in [2.05, 4.69) is 10.6 Å². The van der Waals surface area contributed by atoms with E-state index in [4.69, 9.17) is 10.8 Å². The minimum absolute atomic E-state index is 0.0279. The van der Waals surface area contributed by atoms with Crippen LogP contribution in [0.3, 0.4) is 0 Å². The largest absolute Gasteiger partial charge is 0.480 e. The normalized spacial score (nSPS) is 12.9. The summed E-state index contributed by atoms with van der Waals surface area (Å²) in [6, 6.07) is -1.61. The Labute approximate surface area is 106 Å². The number of aliphatic carboxylic acids is 1. The first-order valence-corrected chi connectivity index (χ1v) is 5.65. The number of carbonyl (C=O) groups excluding carboxylic acids is 2. The van der Waals surface area contributed by atoms with Gasteiger partial charge in [0.15, 0.2) is 0 Å². The summed E-state index contributed by atoms with van der Waals surface area (Å²) in [6.07, 6.45) is -0.0279. The highest BCUT2D eigenvalue weighted by molar-refractivity contribution is 5.83. The van der Waals surface area contributed by atoms with Crippen LogP contribution in [-0.4, -0.2) is 34.6 Å². The number of amides is 3. The van der Waals surface area contributed by atoms with Crippen LogP contribution in [0.4, 0.5) is 4.79 Å². The van der Waals surface area contributed by atoms with E-state index >= 15 is 0 Å². The molecule has 0 saturated heterocycles. The highest BCUT2D eigenvalue weighted by atomic mass is 16.4. The van der Waals surface area contributed by atoms with Gasteiger partial charge in [0.1, 0.15) is 6.04 Å². The Kier molecular flexibility index (Phi) is 5.61. The third-order valence-electron chi connectivity index (χ3n) is 2.29. The molecule has 0 heterocycles. The number of carboxylic acid groups (broad SMARTS) is 1. The zero-order valence-corrected chi connectivity index (χ0v) is 11.1. The van der Waals surface area contributed by atoms with Crippen LogP contribution in [0, 0.1) is 5.92 Å². The molecular formula is C11H21N3O4. The average Bonchev–Trinajstić information content (AvgIpc) is 2.09. The van der Waals surface area contributed by atoms with E-state index in [0.29, 0.717) is 0 Å². The highest BCUT2D eigenvalue weighted by Crippen LogP contribution is 2.08. The Hall–Kier alpha value is -1.79. The summed E-state index contributed by atoms with van der Waals surface area (Å²) < 4.78 is 0. The summed E-state index contributed by atoms with van der Waals surface area (Å²) in [5.41, 5.74) is 4.22. The number of hydrogen-bond acceptors (Lipinski definition) is 3. The molecule has 104 valence electrons. The zero-order valence-electron chi connectivity index (χ0n) is 11.1. The van der Waals surface area contributed by atoms with Crippen molar-refractivity contribution in [2.75, 3.05) is 0 Å². The van der Waals surface area contributed by atoms with Gasteiger partial charge in [-0.2, -0.15) is 0 Å². The molecule has 0 aliphatic carbocycles. The van der Waals surface area contributed by atoms with Gasteiger partial charge in [0, 0.05) is 12.0 Å². The lowest BCUT2D eigenvalue weighted by Crippen LogP contribution is -2.55. The molecule has 5 N–H and O–H groups in total. The van der Waals surface area contributed by atoms with Crippen molar-refractivity contribution in [2.45, 2.75) is 45.7 Å². The lowest BCUT2D eigenvalue weighted by Gasteiger charge is -2.26. The molecule has 0 saturated carbocycles. The molecule has 7 heteroatoms. The topological polar surface area (TPSA) is 122 Å². The van der Waals surface area contributed by atoms with Gasteiger partial charge in [-0.25, -0.2) is 9.59 Å². The molecule has 0 fully saturated rings. The Morgan fingerprint density at radius 2 is 1.78 bits per heavy atom. The molecule has 0 aromatic heterocycles. The molecule has 0 spiro atoms. The molecule has 7 nitrogen and oxygen atoms in total. The summed E-state index contributed by atoms with van der Waals surface area (Å²) >= 11 is 0. The maximum Gasteiger partial charge on any atom is 0.326 e. The second-order valence-electron chi connectivity index (χ2n) is 5.19. The Bertz CT molecular complexity index is 339. The van der Waals surface area contributed by atoms with Crippen molar-refractivity contribution in [2.24, 2.45) is 11.7 Å². The number of primary amides is 1. The minimum Gasteiger partial charge on any atom is -0.480 e. The van der Waals surface area contributed by atoms with Crippen LogP contribution >= 0.6 is 0 Å². The summed E-state index contributed by atoms with van der Waals surface area (Å²) in [5, 5.41) is 13.8. The van der Waals surface area contributed by atoms with E-state index in [0.717, 1.165) is 0 Å². The molecule has 1 atom stereocenters. The molecule has 0 bridgehead atoms. The van der Waals surface area contributed by atoms with Gasteiger partial charge < -0.3 is 21.5 Å². The van der Waals surface area contributed by atoms with Gasteiger partial charge in [0.25, 0.3) is 0 Å². The molecule has 1 unspecified atom stereocenters. The molecular weight excluding hydrogens is 238 g/mol. The van der Waals surface area contributed by atoms with E-state index < -0.39 is 29.5 Å². The molecule has 0 aromatic carbocycles. The van der Waals surface area contributed by atoms with Crippen LogP contribution < -0.4 is 16.4 Å². The second-order valence-corrected chi connectivity index (χ2v) is 5.19. The zero-order chi connectivity index (χ0) is 14.5. The predicted octanol–water partition coefficient (Wildman–Crippen LogP) is 0.0488. The Balaban J connectivity index is 4.50. The summed E-state index contributed by atoms with van der Waals surface area (Å²) in [6.45, 7) is 6.63. The van der Waals surface area contributed by atoms with Crippen LogP contribution in [0.15, 0.2) is 0 Å². The maximum atomic E-state index is 11.6. The van der Waals surface area contributed by atoms with Gasteiger partial charge in [0.05, 0.1) is 0 Å². The van der Waals surface area contributed by atoms with Gasteiger partial charge in [-0.1, -0.05) is 13.8 Å². The number of urea groups is 1. The summed E-state index contributed by atoms with van der Waals surface area (Å²) in [7, 11) is 0. The number of rotatable bonds is 6. The molecule has 0 radical (unpaired) electrons. The van der Waals surface area contributed by atoms with Crippen LogP contribution in [0.1, 0.15) is 34.1 Å². The minimum atomic E-state index is -1.10. The van der Waals surface area contributed by atoms with E-state index in [1.807, 2.05) is 0 Å². The van der Waals surface area contributed by atoms with Gasteiger partial charge in [-0.15, -0.1) is 0 Å². The monoisotopic (exact) mass is 259 g/mol.